The van der Waals surface area contributed by atoms with Gasteiger partial charge in [-0.3, -0.25) is 14.6 Å². The van der Waals surface area contributed by atoms with Crippen molar-refractivity contribution < 1.29 is 19.8 Å². The van der Waals surface area contributed by atoms with Crippen molar-refractivity contribution in [3.05, 3.63) is 137 Å². The van der Waals surface area contributed by atoms with E-state index in [9.17, 15) is 19.8 Å². The van der Waals surface area contributed by atoms with Crippen molar-refractivity contribution in [2.24, 2.45) is 11.8 Å². The summed E-state index contributed by atoms with van der Waals surface area (Å²) in [4.78, 5) is 33.6. The Hall–Kier alpha value is -4.33. The highest BCUT2D eigenvalue weighted by atomic mass is 16.3. The summed E-state index contributed by atoms with van der Waals surface area (Å²) in [5.74, 6) is -0.884. The highest BCUT2D eigenvalue weighted by Crippen LogP contribution is 2.33. The Labute approximate surface area is 265 Å². The highest BCUT2D eigenvalue weighted by molar-refractivity contribution is 5.82. The van der Waals surface area contributed by atoms with Gasteiger partial charge in [0.25, 0.3) is 0 Å². The fourth-order valence-electron chi connectivity index (χ4n) is 7.09. The molecule has 2 amide bonds. The number of hydrogen-bond donors (Lipinski definition) is 3. The van der Waals surface area contributed by atoms with Crippen LogP contribution in [0.3, 0.4) is 0 Å². The average molecular weight is 604 g/mol. The van der Waals surface area contributed by atoms with Crippen molar-refractivity contribution in [2.45, 2.75) is 62.8 Å². The van der Waals surface area contributed by atoms with E-state index in [0.717, 1.165) is 27.8 Å². The van der Waals surface area contributed by atoms with Crippen LogP contribution in [0.4, 0.5) is 0 Å². The first kappa shape index (κ1) is 30.7. The quantitative estimate of drug-likeness (QED) is 0.222. The summed E-state index contributed by atoms with van der Waals surface area (Å²) in [7, 11) is 0. The van der Waals surface area contributed by atoms with Gasteiger partial charge in [-0.2, -0.15) is 0 Å². The molecule has 6 atom stereocenters. The maximum Gasteiger partial charge on any atom is 0.226 e. The Morgan fingerprint density at radius 2 is 1.51 bits per heavy atom. The second-order valence-electron chi connectivity index (χ2n) is 12.6. The van der Waals surface area contributed by atoms with Gasteiger partial charge >= 0.3 is 0 Å². The van der Waals surface area contributed by atoms with Gasteiger partial charge in [0.2, 0.25) is 11.8 Å². The average Bonchev–Trinajstić information content (AvgIpc) is 3.52. The molecule has 1 aliphatic heterocycles. The van der Waals surface area contributed by atoms with Gasteiger partial charge in [-0.1, -0.05) is 84.9 Å². The van der Waals surface area contributed by atoms with Gasteiger partial charge in [0.05, 0.1) is 18.2 Å². The molecule has 3 aromatic carbocycles. The number of aromatic nitrogens is 1. The molecule has 45 heavy (non-hydrogen) atoms. The number of amides is 2. The smallest absolute Gasteiger partial charge is 0.226 e. The molecule has 6 rings (SSSR count). The van der Waals surface area contributed by atoms with Crippen molar-refractivity contribution in [3.63, 3.8) is 0 Å². The Balaban J connectivity index is 1.18. The number of hydrogen-bond acceptors (Lipinski definition) is 5. The number of aliphatic hydroxyl groups is 2. The Morgan fingerprint density at radius 3 is 2.24 bits per heavy atom. The van der Waals surface area contributed by atoms with Crippen LogP contribution in [-0.4, -0.2) is 56.7 Å². The van der Waals surface area contributed by atoms with E-state index >= 15 is 0 Å². The predicted molar refractivity (Wildman–Crippen MR) is 173 cm³/mol. The molecular formula is C38H41N3O4. The molecule has 1 fully saturated rings. The Kier molecular flexibility index (Phi) is 9.67. The van der Waals surface area contributed by atoms with E-state index in [1.165, 1.54) is 0 Å². The fraction of sp³-hybridized carbons (Fsp3) is 0.342. The number of aliphatic hydroxyl groups excluding tert-OH is 2. The zero-order chi connectivity index (χ0) is 31.2. The number of rotatable bonds is 12. The topological polar surface area (TPSA) is 103 Å². The summed E-state index contributed by atoms with van der Waals surface area (Å²) in [6.45, 7) is 0.163. The maximum atomic E-state index is 13.8. The van der Waals surface area contributed by atoms with Crippen LogP contribution in [0, 0.1) is 11.8 Å². The summed E-state index contributed by atoms with van der Waals surface area (Å²) in [6, 6.07) is 31.1. The number of nitrogens with zero attached hydrogens (tertiary/aromatic N) is 2. The third-order valence-electron chi connectivity index (χ3n) is 9.34. The van der Waals surface area contributed by atoms with Gasteiger partial charge in [-0.15, -0.1) is 0 Å². The van der Waals surface area contributed by atoms with Gasteiger partial charge in [0.1, 0.15) is 0 Å². The lowest BCUT2D eigenvalue weighted by molar-refractivity contribution is -0.133. The lowest BCUT2D eigenvalue weighted by Crippen LogP contribution is -2.43. The first-order valence-electron chi connectivity index (χ1n) is 16.0. The Bertz CT molecular complexity index is 1570. The van der Waals surface area contributed by atoms with Gasteiger partial charge < -0.3 is 20.4 Å². The van der Waals surface area contributed by atoms with Crippen molar-refractivity contribution in [2.75, 3.05) is 6.54 Å². The van der Waals surface area contributed by atoms with E-state index in [1.54, 1.807) is 12.4 Å². The molecule has 232 valence electrons. The van der Waals surface area contributed by atoms with Crippen molar-refractivity contribution in [1.29, 1.82) is 0 Å². The number of carbonyl (C=O) groups is 2. The van der Waals surface area contributed by atoms with E-state index in [0.29, 0.717) is 32.1 Å². The standard InChI is InChI=1S/C38H41N3O4/c42-33(25-41-32(21-27-11-5-2-6-12-27)22-31(38(41)45)20-28-15-17-39-18-16-28)23-30(19-26-9-3-1-4-10-26)37(44)40-36-34-14-8-7-13-29(34)24-35(36)43/h1-18,30-33,35-36,42-43H,19-25H2,(H,40,44)/t30-,31?,32+,33+,35-,36+/m1/s1. The minimum Gasteiger partial charge on any atom is -0.391 e. The second-order valence-corrected chi connectivity index (χ2v) is 12.6. The molecule has 0 spiro atoms. The normalized spacial score (nSPS) is 22.2. The fourth-order valence-corrected chi connectivity index (χ4v) is 7.09. The van der Waals surface area contributed by atoms with Gasteiger partial charge in [0.15, 0.2) is 0 Å². The highest BCUT2D eigenvalue weighted by Gasteiger charge is 2.41. The first-order chi connectivity index (χ1) is 21.9. The monoisotopic (exact) mass is 603 g/mol. The van der Waals surface area contributed by atoms with Crippen molar-refractivity contribution >= 4 is 11.8 Å². The predicted octanol–water partition coefficient (Wildman–Crippen LogP) is 4.47. The molecule has 1 saturated heterocycles. The number of fused-ring (bicyclic) bond motifs is 1. The summed E-state index contributed by atoms with van der Waals surface area (Å²) in [6.07, 6.45) is 5.07. The molecule has 4 aromatic rings. The minimum absolute atomic E-state index is 0.0431. The van der Waals surface area contributed by atoms with E-state index in [2.05, 4.69) is 22.4 Å². The third-order valence-corrected chi connectivity index (χ3v) is 9.34. The molecular weight excluding hydrogens is 562 g/mol. The van der Waals surface area contributed by atoms with Crippen LogP contribution in [-0.2, 0) is 35.3 Å². The third kappa shape index (κ3) is 7.49. The number of carbonyl (C=O) groups excluding carboxylic acids is 2. The van der Waals surface area contributed by atoms with E-state index in [-0.39, 0.29) is 36.7 Å². The molecule has 3 N–H and O–H groups in total. The van der Waals surface area contributed by atoms with E-state index < -0.39 is 24.2 Å². The van der Waals surface area contributed by atoms with Crippen LogP contribution in [0.15, 0.2) is 109 Å². The molecule has 0 radical (unpaired) electrons. The SMILES string of the molecule is O=C(N[C@H]1c2ccccc2C[C@H]1O)[C@H](Cc1ccccc1)C[C@H](O)CN1C(=O)C(Cc2ccncc2)C[C@@H]1Cc1ccccc1. The zero-order valence-electron chi connectivity index (χ0n) is 25.4. The lowest BCUT2D eigenvalue weighted by Gasteiger charge is -2.29. The van der Waals surface area contributed by atoms with E-state index in [1.807, 2.05) is 89.8 Å². The van der Waals surface area contributed by atoms with Crippen LogP contribution in [0.1, 0.15) is 46.7 Å². The van der Waals surface area contributed by atoms with Crippen molar-refractivity contribution in [1.82, 2.24) is 15.2 Å². The number of pyridine rings is 1. The van der Waals surface area contributed by atoms with Gasteiger partial charge in [0, 0.05) is 43.2 Å². The van der Waals surface area contributed by atoms with Crippen LogP contribution < -0.4 is 5.32 Å². The van der Waals surface area contributed by atoms with Gasteiger partial charge in [-0.05, 0) is 72.1 Å². The number of likely N-dealkylation sites (tertiary alicyclic amines) is 1. The van der Waals surface area contributed by atoms with Crippen molar-refractivity contribution in [3.8, 4) is 0 Å². The Morgan fingerprint density at radius 1 is 0.867 bits per heavy atom. The lowest BCUT2D eigenvalue weighted by atomic mass is 9.91. The van der Waals surface area contributed by atoms with Crippen LogP contribution in [0.5, 0.6) is 0 Å². The number of nitrogens with one attached hydrogen (secondary N) is 1. The minimum atomic E-state index is -0.896. The van der Waals surface area contributed by atoms with Crippen LogP contribution in [0.2, 0.25) is 0 Å². The van der Waals surface area contributed by atoms with Gasteiger partial charge in [-0.25, -0.2) is 0 Å². The second kappa shape index (κ2) is 14.2. The summed E-state index contributed by atoms with van der Waals surface area (Å²) in [5, 5.41) is 25.4. The molecule has 2 aliphatic rings. The molecule has 2 heterocycles. The first-order valence-corrected chi connectivity index (χ1v) is 16.0. The number of β-amino-alcohol motifs (C(OH)–C–C–N with tert-alkyl or cyclic N) is 1. The van der Waals surface area contributed by atoms with Crippen LogP contribution >= 0.6 is 0 Å². The maximum absolute atomic E-state index is 13.8. The molecule has 7 heteroatoms. The summed E-state index contributed by atoms with van der Waals surface area (Å²) < 4.78 is 0. The summed E-state index contributed by atoms with van der Waals surface area (Å²) >= 11 is 0. The number of benzene rings is 3. The molecule has 7 nitrogen and oxygen atoms in total. The molecule has 0 saturated carbocycles. The molecule has 1 aliphatic carbocycles. The zero-order valence-corrected chi connectivity index (χ0v) is 25.4. The molecule has 1 aromatic heterocycles. The summed E-state index contributed by atoms with van der Waals surface area (Å²) in [5.41, 5.74) is 5.18. The van der Waals surface area contributed by atoms with Crippen LogP contribution in [0.25, 0.3) is 0 Å². The van der Waals surface area contributed by atoms with E-state index in [4.69, 9.17) is 0 Å². The molecule has 0 bridgehead atoms. The molecule has 1 unspecified atom stereocenters. The largest absolute Gasteiger partial charge is 0.391 e.